The first kappa shape index (κ1) is 10.4. The monoisotopic (exact) mass is 158 g/mol. The predicted molar refractivity (Wildman–Crippen MR) is 46.1 cm³/mol. The lowest BCUT2D eigenvalue weighted by Crippen LogP contribution is -2.44. The summed E-state index contributed by atoms with van der Waals surface area (Å²) in [5.74, 6) is 0.249. The molecule has 1 atom stereocenters. The highest BCUT2D eigenvalue weighted by Crippen LogP contribution is 2.01. The number of nitrogens with zero attached hydrogens (tertiary/aromatic N) is 1. The first-order valence-electron chi connectivity index (χ1n) is 4.01. The molecule has 0 aromatic rings. The number of hydrogen-bond acceptors (Lipinski definition) is 2. The van der Waals surface area contributed by atoms with E-state index >= 15 is 0 Å². The molecule has 0 aliphatic rings. The third kappa shape index (κ3) is 2.89. The highest BCUT2D eigenvalue weighted by atomic mass is 16.2. The summed E-state index contributed by atoms with van der Waals surface area (Å²) in [7, 11) is 1.77. The van der Waals surface area contributed by atoms with Crippen LogP contribution in [0.1, 0.15) is 20.8 Å². The molecule has 0 rings (SSSR count). The lowest BCUT2D eigenvalue weighted by atomic mass is 10.0. The van der Waals surface area contributed by atoms with Crippen LogP contribution in [0.2, 0.25) is 0 Å². The Morgan fingerprint density at radius 3 is 2.27 bits per heavy atom. The molecule has 0 unspecified atom stereocenters. The molecular formula is C8H18N2O. The van der Waals surface area contributed by atoms with Gasteiger partial charge in [-0.15, -0.1) is 0 Å². The summed E-state index contributed by atoms with van der Waals surface area (Å²) >= 11 is 0. The summed E-state index contributed by atoms with van der Waals surface area (Å²) in [6.45, 7) is 6.56. The Morgan fingerprint density at radius 2 is 2.00 bits per heavy atom. The van der Waals surface area contributed by atoms with Gasteiger partial charge in [0, 0.05) is 13.6 Å². The molecule has 0 aliphatic carbocycles. The third-order valence-corrected chi connectivity index (χ3v) is 1.85. The normalized spacial score (nSPS) is 13.3. The van der Waals surface area contributed by atoms with Crippen LogP contribution in [0.25, 0.3) is 0 Å². The van der Waals surface area contributed by atoms with E-state index in [0.29, 0.717) is 0 Å². The van der Waals surface area contributed by atoms with E-state index in [4.69, 9.17) is 5.73 Å². The lowest BCUT2D eigenvalue weighted by molar-refractivity contribution is -0.132. The number of carbonyl (C=O) groups is 1. The summed E-state index contributed by atoms with van der Waals surface area (Å²) in [6.07, 6.45) is 0. The van der Waals surface area contributed by atoms with Crippen LogP contribution < -0.4 is 5.73 Å². The molecular weight excluding hydrogens is 140 g/mol. The van der Waals surface area contributed by atoms with Crippen LogP contribution >= 0.6 is 0 Å². The molecule has 0 bridgehead atoms. The molecule has 11 heavy (non-hydrogen) atoms. The molecule has 0 spiro atoms. The number of nitrogens with two attached hydrogens (primary N) is 1. The average Bonchev–Trinajstić information content (AvgIpc) is 2.00. The van der Waals surface area contributed by atoms with Gasteiger partial charge in [-0.2, -0.15) is 0 Å². The molecule has 0 saturated carbocycles. The molecule has 1 amide bonds. The van der Waals surface area contributed by atoms with Crippen molar-refractivity contribution in [1.82, 2.24) is 4.90 Å². The van der Waals surface area contributed by atoms with Crippen molar-refractivity contribution < 1.29 is 4.79 Å². The Morgan fingerprint density at radius 1 is 1.55 bits per heavy atom. The fourth-order valence-corrected chi connectivity index (χ4v) is 0.695. The van der Waals surface area contributed by atoms with Crippen molar-refractivity contribution in [3.63, 3.8) is 0 Å². The van der Waals surface area contributed by atoms with Crippen molar-refractivity contribution in [2.24, 2.45) is 11.7 Å². The predicted octanol–water partition coefficient (Wildman–Crippen LogP) is 0.448. The molecule has 66 valence electrons. The van der Waals surface area contributed by atoms with Crippen LogP contribution in [0.3, 0.4) is 0 Å². The molecule has 0 aliphatic heterocycles. The highest BCUT2D eigenvalue weighted by molar-refractivity contribution is 5.81. The Kier molecular flexibility index (Phi) is 4.11. The Bertz CT molecular complexity index is 134. The van der Waals surface area contributed by atoms with Crippen LogP contribution in [-0.2, 0) is 4.79 Å². The number of likely N-dealkylation sites (N-methyl/N-ethyl adjacent to an activating group) is 1. The minimum absolute atomic E-state index is 0.0301. The second-order valence-corrected chi connectivity index (χ2v) is 3.12. The molecule has 0 aromatic carbocycles. The largest absolute Gasteiger partial charge is 0.345 e. The standard InChI is InChI=1S/C8H18N2O/c1-5-10(4)8(11)7(9)6(2)3/h6-7H,5,9H2,1-4H3/t7-/m1/s1. The fraction of sp³-hybridized carbons (Fsp3) is 0.875. The second-order valence-electron chi connectivity index (χ2n) is 3.12. The summed E-state index contributed by atoms with van der Waals surface area (Å²) < 4.78 is 0. The van der Waals surface area contributed by atoms with E-state index < -0.39 is 0 Å². The fourth-order valence-electron chi connectivity index (χ4n) is 0.695. The van der Waals surface area contributed by atoms with E-state index in [1.807, 2.05) is 20.8 Å². The SMILES string of the molecule is CCN(C)C(=O)[C@H](N)C(C)C. The quantitative estimate of drug-likeness (QED) is 0.648. The van der Waals surface area contributed by atoms with Gasteiger partial charge in [0.2, 0.25) is 5.91 Å². The van der Waals surface area contributed by atoms with Gasteiger partial charge in [-0.3, -0.25) is 4.79 Å². The van der Waals surface area contributed by atoms with Gasteiger partial charge in [-0.25, -0.2) is 0 Å². The first-order valence-corrected chi connectivity index (χ1v) is 4.01. The van der Waals surface area contributed by atoms with Gasteiger partial charge in [-0.1, -0.05) is 13.8 Å². The van der Waals surface area contributed by atoms with Gasteiger partial charge in [0.1, 0.15) is 0 Å². The molecule has 0 heterocycles. The van der Waals surface area contributed by atoms with Crippen molar-refractivity contribution in [3.8, 4) is 0 Å². The maximum absolute atomic E-state index is 11.3. The van der Waals surface area contributed by atoms with Gasteiger partial charge in [0.15, 0.2) is 0 Å². The molecule has 0 radical (unpaired) electrons. The zero-order valence-electron chi connectivity index (χ0n) is 7.79. The van der Waals surface area contributed by atoms with Crippen LogP contribution in [-0.4, -0.2) is 30.4 Å². The van der Waals surface area contributed by atoms with Crippen molar-refractivity contribution >= 4 is 5.91 Å². The van der Waals surface area contributed by atoms with E-state index in [9.17, 15) is 4.79 Å². The summed E-state index contributed by atoms with van der Waals surface area (Å²) in [4.78, 5) is 13.0. The van der Waals surface area contributed by atoms with Crippen molar-refractivity contribution in [3.05, 3.63) is 0 Å². The minimum Gasteiger partial charge on any atom is -0.345 e. The van der Waals surface area contributed by atoms with Gasteiger partial charge in [-0.05, 0) is 12.8 Å². The smallest absolute Gasteiger partial charge is 0.239 e. The van der Waals surface area contributed by atoms with E-state index in [2.05, 4.69) is 0 Å². The summed E-state index contributed by atoms with van der Waals surface area (Å²) in [5.41, 5.74) is 5.65. The van der Waals surface area contributed by atoms with E-state index in [-0.39, 0.29) is 17.9 Å². The molecule has 0 aromatic heterocycles. The summed E-state index contributed by atoms with van der Waals surface area (Å²) in [6, 6.07) is -0.347. The first-order chi connectivity index (χ1) is 5.00. The van der Waals surface area contributed by atoms with Crippen LogP contribution in [0.15, 0.2) is 0 Å². The molecule has 0 fully saturated rings. The zero-order valence-corrected chi connectivity index (χ0v) is 7.79. The molecule has 3 nitrogen and oxygen atoms in total. The highest BCUT2D eigenvalue weighted by Gasteiger charge is 2.19. The van der Waals surface area contributed by atoms with Crippen molar-refractivity contribution in [1.29, 1.82) is 0 Å². The Hall–Kier alpha value is -0.570. The number of carbonyl (C=O) groups excluding carboxylic acids is 1. The maximum Gasteiger partial charge on any atom is 0.239 e. The number of hydrogen-bond donors (Lipinski definition) is 1. The van der Waals surface area contributed by atoms with Crippen LogP contribution in [0.4, 0.5) is 0 Å². The van der Waals surface area contributed by atoms with Gasteiger partial charge in [0.25, 0.3) is 0 Å². The number of amides is 1. The van der Waals surface area contributed by atoms with E-state index in [0.717, 1.165) is 6.54 Å². The summed E-state index contributed by atoms with van der Waals surface area (Å²) in [5, 5.41) is 0. The van der Waals surface area contributed by atoms with Crippen LogP contribution in [0.5, 0.6) is 0 Å². The van der Waals surface area contributed by atoms with Crippen molar-refractivity contribution in [2.45, 2.75) is 26.8 Å². The van der Waals surface area contributed by atoms with E-state index in [1.165, 1.54) is 0 Å². The van der Waals surface area contributed by atoms with Gasteiger partial charge in [0.05, 0.1) is 6.04 Å². The Balaban J connectivity index is 4.02. The zero-order chi connectivity index (χ0) is 9.02. The molecule has 3 heteroatoms. The topological polar surface area (TPSA) is 46.3 Å². The minimum atomic E-state index is -0.347. The van der Waals surface area contributed by atoms with Gasteiger partial charge < -0.3 is 10.6 Å². The molecule has 2 N–H and O–H groups in total. The lowest BCUT2D eigenvalue weighted by Gasteiger charge is -2.21. The third-order valence-electron chi connectivity index (χ3n) is 1.85. The maximum atomic E-state index is 11.3. The van der Waals surface area contributed by atoms with Gasteiger partial charge >= 0.3 is 0 Å². The number of rotatable bonds is 3. The average molecular weight is 158 g/mol. The second kappa shape index (κ2) is 4.34. The molecule has 0 saturated heterocycles. The van der Waals surface area contributed by atoms with Crippen molar-refractivity contribution in [2.75, 3.05) is 13.6 Å². The van der Waals surface area contributed by atoms with E-state index in [1.54, 1.807) is 11.9 Å². The Labute approximate surface area is 68.6 Å². The van der Waals surface area contributed by atoms with Crippen LogP contribution in [0, 0.1) is 5.92 Å².